The van der Waals surface area contributed by atoms with Crippen LogP contribution >= 0.6 is 0 Å². The number of carbonyl (C=O) groups excluding carboxylic acids is 1. The molecule has 2 fully saturated rings. The molecule has 1 aromatic rings. The summed E-state index contributed by atoms with van der Waals surface area (Å²) >= 11 is 0. The van der Waals surface area contributed by atoms with Gasteiger partial charge in [-0.25, -0.2) is 0 Å². The van der Waals surface area contributed by atoms with E-state index in [0.717, 1.165) is 38.9 Å². The third-order valence-electron chi connectivity index (χ3n) is 5.05. The van der Waals surface area contributed by atoms with Crippen molar-refractivity contribution >= 4 is 5.91 Å². The third kappa shape index (κ3) is 3.29. The van der Waals surface area contributed by atoms with Crippen molar-refractivity contribution in [2.45, 2.75) is 45.1 Å². The second kappa shape index (κ2) is 6.61. The fraction of sp³-hybridized carbons (Fsp3) is 0.611. The summed E-state index contributed by atoms with van der Waals surface area (Å²) < 4.78 is 0. The first-order valence-corrected chi connectivity index (χ1v) is 8.31. The van der Waals surface area contributed by atoms with E-state index in [9.17, 15) is 4.79 Å². The molecule has 3 rings (SSSR count). The third-order valence-corrected chi connectivity index (χ3v) is 5.05. The van der Waals surface area contributed by atoms with Crippen molar-refractivity contribution in [1.29, 1.82) is 0 Å². The summed E-state index contributed by atoms with van der Waals surface area (Å²) in [5, 5.41) is 3.38. The summed E-state index contributed by atoms with van der Waals surface area (Å²) in [4.78, 5) is 14.7. The maximum absolute atomic E-state index is 12.6. The van der Waals surface area contributed by atoms with Crippen molar-refractivity contribution in [3.05, 3.63) is 35.4 Å². The first-order chi connectivity index (χ1) is 10.3. The first kappa shape index (κ1) is 14.6. The Labute approximate surface area is 127 Å². The maximum atomic E-state index is 12.6. The normalized spacial score (nSPS) is 25.5. The van der Waals surface area contributed by atoms with E-state index < -0.39 is 0 Å². The highest BCUT2D eigenvalue weighted by atomic mass is 16.2. The number of amides is 1. The molecule has 0 bridgehead atoms. The van der Waals surface area contributed by atoms with Crippen molar-refractivity contribution in [2.24, 2.45) is 5.92 Å². The smallest absolute Gasteiger partial charge is 0.223 e. The van der Waals surface area contributed by atoms with Gasteiger partial charge in [0.2, 0.25) is 5.91 Å². The molecule has 3 heteroatoms. The number of benzene rings is 1. The standard InChI is InChI=1S/C18H26N2O/c1-14-5-2-3-6-16(14)17-7-4-12-20(17)18(21)9-8-15-10-11-19-13-15/h2-3,5-6,15,17,19H,4,7-13H2,1H3. The number of aryl methyl sites for hydroxylation is 1. The van der Waals surface area contributed by atoms with E-state index in [4.69, 9.17) is 0 Å². The van der Waals surface area contributed by atoms with Gasteiger partial charge in [-0.3, -0.25) is 4.79 Å². The molecule has 1 amide bonds. The molecule has 114 valence electrons. The lowest BCUT2D eigenvalue weighted by atomic mass is 9.98. The average Bonchev–Trinajstić information content (AvgIpc) is 3.16. The molecule has 2 saturated heterocycles. The first-order valence-electron chi connectivity index (χ1n) is 8.31. The monoisotopic (exact) mass is 286 g/mol. The number of rotatable bonds is 4. The van der Waals surface area contributed by atoms with Crippen molar-refractivity contribution in [3.63, 3.8) is 0 Å². The minimum atomic E-state index is 0.306. The van der Waals surface area contributed by atoms with Crippen molar-refractivity contribution in [3.8, 4) is 0 Å². The van der Waals surface area contributed by atoms with Crippen molar-refractivity contribution < 1.29 is 4.79 Å². The van der Waals surface area contributed by atoms with Crippen LogP contribution in [0.4, 0.5) is 0 Å². The predicted octanol–water partition coefficient (Wildman–Crippen LogP) is 3.05. The molecule has 0 saturated carbocycles. The Kier molecular flexibility index (Phi) is 4.59. The largest absolute Gasteiger partial charge is 0.336 e. The van der Waals surface area contributed by atoms with Crippen LogP contribution in [0, 0.1) is 12.8 Å². The van der Waals surface area contributed by atoms with E-state index in [2.05, 4.69) is 41.4 Å². The molecule has 2 unspecified atom stereocenters. The quantitative estimate of drug-likeness (QED) is 0.922. The molecule has 1 N–H and O–H groups in total. The van der Waals surface area contributed by atoms with Gasteiger partial charge in [-0.1, -0.05) is 24.3 Å². The maximum Gasteiger partial charge on any atom is 0.223 e. The Bertz CT molecular complexity index is 494. The van der Waals surface area contributed by atoms with Gasteiger partial charge in [-0.2, -0.15) is 0 Å². The van der Waals surface area contributed by atoms with Crippen LogP contribution in [0.15, 0.2) is 24.3 Å². The van der Waals surface area contributed by atoms with Crippen LogP contribution in [-0.4, -0.2) is 30.4 Å². The van der Waals surface area contributed by atoms with Gasteiger partial charge < -0.3 is 10.2 Å². The molecule has 0 aliphatic carbocycles. The second-order valence-corrected chi connectivity index (χ2v) is 6.50. The van der Waals surface area contributed by atoms with Crippen LogP contribution < -0.4 is 5.32 Å². The lowest BCUT2D eigenvalue weighted by Crippen LogP contribution is -2.31. The Morgan fingerprint density at radius 2 is 2.19 bits per heavy atom. The number of carbonyl (C=O) groups is 1. The molecule has 2 atom stereocenters. The van der Waals surface area contributed by atoms with E-state index in [1.165, 1.54) is 17.5 Å². The number of likely N-dealkylation sites (tertiary alicyclic amines) is 1. The van der Waals surface area contributed by atoms with Gasteiger partial charge in [0.1, 0.15) is 0 Å². The summed E-state index contributed by atoms with van der Waals surface area (Å²) in [5.74, 6) is 1.06. The Balaban J connectivity index is 1.63. The minimum absolute atomic E-state index is 0.306. The lowest BCUT2D eigenvalue weighted by Gasteiger charge is -2.26. The van der Waals surface area contributed by atoms with Crippen molar-refractivity contribution in [1.82, 2.24) is 10.2 Å². The molecule has 0 aromatic heterocycles. The number of nitrogens with zero attached hydrogens (tertiary/aromatic N) is 1. The van der Waals surface area contributed by atoms with Crippen LogP contribution in [0.5, 0.6) is 0 Å². The van der Waals surface area contributed by atoms with Gasteiger partial charge in [0.25, 0.3) is 0 Å². The van der Waals surface area contributed by atoms with Gasteiger partial charge in [0, 0.05) is 13.0 Å². The fourth-order valence-electron chi connectivity index (χ4n) is 3.78. The molecule has 0 radical (unpaired) electrons. The van der Waals surface area contributed by atoms with Gasteiger partial charge in [-0.05, 0) is 62.7 Å². The van der Waals surface area contributed by atoms with Gasteiger partial charge in [-0.15, -0.1) is 0 Å². The molecule has 0 spiro atoms. The van der Waals surface area contributed by atoms with E-state index in [-0.39, 0.29) is 0 Å². The van der Waals surface area contributed by atoms with Crippen molar-refractivity contribution in [2.75, 3.05) is 19.6 Å². The highest BCUT2D eigenvalue weighted by molar-refractivity contribution is 5.77. The van der Waals surface area contributed by atoms with Gasteiger partial charge in [0.15, 0.2) is 0 Å². The SMILES string of the molecule is Cc1ccccc1C1CCCN1C(=O)CCC1CCNC1. The van der Waals surface area contributed by atoms with E-state index in [1.54, 1.807) is 0 Å². The van der Waals surface area contributed by atoms with Gasteiger partial charge in [0.05, 0.1) is 6.04 Å². The molecule has 2 aliphatic heterocycles. The van der Waals surface area contributed by atoms with E-state index in [1.807, 2.05) is 0 Å². The van der Waals surface area contributed by atoms with Crippen LogP contribution in [0.2, 0.25) is 0 Å². The topological polar surface area (TPSA) is 32.3 Å². The van der Waals surface area contributed by atoms with Crippen LogP contribution in [0.1, 0.15) is 49.3 Å². The molecule has 21 heavy (non-hydrogen) atoms. The second-order valence-electron chi connectivity index (χ2n) is 6.50. The molecular weight excluding hydrogens is 260 g/mol. The summed E-state index contributed by atoms with van der Waals surface area (Å²) in [6.45, 7) is 5.30. The molecule has 1 aromatic carbocycles. The summed E-state index contributed by atoms with van der Waals surface area (Å²) in [7, 11) is 0. The van der Waals surface area contributed by atoms with E-state index >= 15 is 0 Å². The van der Waals surface area contributed by atoms with Crippen LogP contribution in [-0.2, 0) is 4.79 Å². The molecular formula is C18H26N2O. The highest BCUT2D eigenvalue weighted by Crippen LogP contribution is 2.34. The van der Waals surface area contributed by atoms with Crippen LogP contribution in [0.25, 0.3) is 0 Å². The number of hydrogen-bond acceptors (Lipinski definition) is 2. The Hall–Kier alpha value is -1.35. The fourth-order valence-corrected chi connectivity index (χ4v) is 3.78. The predicted molar refractivity (Wildman–Crippen MR) is 85.1 cm³/mol. The number of hydrogen-bond donors (Lipinski definition) is 1. The molecule has 3 nitrogen and oxygen atoms in total. The number of nitrogens with one attached hydrogen (secondary N) is 1. The van der Waals surface area contributed by atoms with Gasteiger partial charge >= 0.3 is 0 Å². The Morgan fingerprint density at radius 1 is 1.33 bits per heavy atom. The Morgan fingerprint density at radius 3 is 2.95 bits per heavy atom. The molecule has 2 heterocycles. The highest BCUT2D eigenvalue weighted by Gasteiger charge is 2.30. The summed E-state index contributed by atoms with van der Waals surface area (Å²) in [6.07, 6.45) is 5.24. The minimum Gasteiger partial charge on any atom is -0.336 e. The zero-order valence-corrected chi connectivity index (χ0v) is 13.0. The molecule has 2 aliphatic rings. The van der Waals surface area contributed by atoms with E-state index in [0.29, 0.717) is 24.3 Å². The lowest BCUT2D eigenvalue weighted by molar-refractivity contribution is -0.132. The summed E-state index contributed by atoms with van der Waals surface area (Å²) in [5.41, 5.74) is 2.65. The zero-order valence-electron chi connectivity index (χ0n) is 13.0. The van der Waals surface area contributed by atoms with Crippen LogP contribution in [0.3, 0.4) is 0 Å². The zero-order chi connectivity index (χ0) is 14.7. The average molecular weight is 286 g/mol. The summed E-state index contributed by atoms with van der Waals surface area (Å²) in [6, 6.07) is 8.81.